The number of benzene rings is 4. The zero-order valence-corrected chi connectivity index (χ0v) is 20.2. The van der Waals surface area contributed by atoms with E-state index in [9.17, 15) is 5.11 Å². The number of hydrogen-bond donors (Lipinski definition) is 2. The Morgan fingerprint density at radius 3 is 2.49 bits per heavy atom. The van der Waals surface area contributed by atoms with Gasteiger partial charge in [-0.3, -0.25) is 0 Å². The Balaban J connectivity index is 1.38. The highest BCUT2D eigenvalue weighted by atomic mass is 16.5. The quantitative estimate of drug-likeness (QED) is 0.294. The van der Waals surface area contributed by atoms with Crippen LogP contribution in [0.15, 0.2) is 78.9 Å². The second-order valence-corrected chi connectivity index (χ2v) is 9.04. The molecule has 5 heteroatoms. The summed E-state index contributed by atoms with van der Waals surface area (Å²) in [5, 5.41) is 15.4. The van der Waals surface area contributed by atoms with E-state index < -0.39 is 0 Å². The summed E-state index contributed by atoms with van der Waals surface area (Å²) in [6.07, 6.45) is 4.00. The number of rotatable bonds is 8. The molecule has 0 bridgehead atoms. The number of hydrogen-bond acceptors (Lipinski definition) is 5. The molecule has 1 aliphatic heterocycles. The van der Waals surface area contributed by atoms with Crippen molar-refractivity contribution in [3.8, 4) is 34.1 Å². The van der Waals surface area contributed by atoms with Gasteiger partial charge in [-0.2, -0.15) is 0 Å². The summed E-state index contributed by atoms with van der Waals surface area (Å²) in [6.45, 7) is 4.44. The molecule has 4 aromatic rings. The second-order valence-electron chi connectivity index (χ2n) is 9.04. The third kappa shape index (κ3) is 5.52. The number of fused-ring (bicyclic) bond motifs is 1. The average Bonchev–Trinajstić information content (AvgIpc) is 2.90. The summed E-state index contributed by atoms with van der Waals surface area (Å²) in [6, 6.07) is 25.5. The maximum absolute atomic E-state index is 9.98. The molecular weight excluding hydrogens is 436 g/mol. The molecule has 1 aliphatic rings. The topological polar surface area (TPSA) is 54.0 Å². The van der Waals surface area contributed by atoms with Crippen molar-refractivity contribution in [1.82, 2.24) is 4.90 Å². The fourth-order valence-electron chi connectivity index (χ4n) is 4.72. The highest BCUT2D eigenvalue weighted by Crippen LogP contribution is 2.41. The molecule has 0 amide bonds. The van der Waals surface area contributed by atoms with Gasteiger partial charge in [0, 0.05) is 29.7 Å². The molecule has 5 rings (SSSR count). The minimum absolute atomic E-state index is 0.234. The number of piperidine rings is 1. The van der Waals surface area contributed by atoms with Crippen molar-refractivity contribution in [2.24, 2.45) is 0 Å². The van der Waals surface area contributed by atoms with Crippen molar-refractivity contribution in [3.05, 3.63) is 78.9 Å². The van der Waals surface area contributed by atoms with Crippen molar-refractivity contribution < 1.29 is 14.6 Å². The zero-order chi connectivity index (χ0) is 24.0. The van der Waals surface area contributed by atoms with E-state index >= 15 is 0 Å². The van der Waals surface area contributed by atoms with Gasteiger partial charge in [-0.25, -0.2) is 0 Å². The van der Waals surface area contributed by atoms with E-state index in [1.54, 1.807) is 19.2 Å². The van der Waals surface area contributed by atoms with Crippen LogP contribution in [0, 0.1) is 0 Å². The van der Waals surface area contributed by atoms with Crippen LogP contribution < -0.4 is 14.8 Å². The number of anilines is 1. The van der Waals surface area contributed by atoms with E-state index in [0.29, 0.717) is 0 Å². The Morgan fingerprint density at radius 2 is 1.69 bits per heavy atom. The van der Waals surface area contributed by atoms with Gasteiger partial charge < -0.3 is 24.8 Å². The molecule has 5 nitrogen and oxygen atoms in total. The third-order valence-corrected chi connectivity index (χ3v) is 6.61. The average molecular weight is 469 g/mol. The van der Waals surface area contributed by atoms with Crippen LogP contribution in [0.1, 0.15) is 19.3 Å². The Hall–Kier alpha value is -3.70. The van der Waals surface area contributed by atoms with E-state index in [4.69, 9.17) is 9.47 Å². The summed E-state index contributed by atoms with van der Waals surface area (Å²) in [7, 11) is 1.67. The monoisotopic (exact) mass is 468 g/mol. The van der Waals surface area contributed by atoms with Crippen molar-refractivity contribution in [2.75, 3.05) is 38.6 Å². The predicted molar refractivity (Wildman–Crippen MR) is 143 cm³/mol. The fourth-order valence-corrected chi connectivity index (χ4v) is 4.72. The van der Waals surface area contributed by atoms with Crippen LogP contribution in [0.25, 0.3) is 21.9 Å². The lowest BCUT2D eigenvalue weighted by molar-refractivity contribution is 0.237. The Morgan fingerprint density at radius 1 is 0.857 bits per heavy atom. The summed E-state index contributed by atoms with van der Waals surface area (Å²) in [4.78, 5) is 2.53. The van der Waals surface area contributed by atoms with Gasteiger partial charge in [-0.05, 0) is 97.5 Å². The van der Waals surface area contributed by atoms with Gasteiger partial charge >= 0.3 is 0 Å². The van der Waals surface area contributed by atoms with Crippen molar-refractivity contribution in [2.45, 2.75) is 19.3 Å². The number of aromatic hydroxyl groups is 1. The highest BCUT2D eigenvalue weighted by Gasteiger charge is 2.14. The maximum Gasteiger partial charge on any atom is 0.143 e. The smallest absolute Gasteiger partial charge is 0.143 e. The molecule has 0 spiro atoms. The molecule has 4 aromatic carbocycles. The predicted octanol–water partition coefficient (Wildman–Crippen LogP) is 6.91. The van der Waals surface area contributed by atoms with Crippen LogP contribution in [0.3, 0.4) is 0 Å². The SMILES string of the molecule is COc1cccc(-c2ccc3cc(O)ccc3c2Oc2ccc(NCCN3CCCCC3)cc2)c1. The van der Waals surface area contributed by atoms with Crippen LogP contribution in [-0.2, 0) is 0 Å². The summed E-state index contributed by atoms with van der Waals surface area (Å²) >= 11 is 0. The number of methoxy groups -OCH3 is 1. The highest BCUT2D eigenvalue weighted by molar-refractivity contribution is 5.96. The van der Waals surface area contributed by atoms with Gasteiger partial charge in [0.05, 0.1) is 7.11 Å². The molecule has 1 heterocycles. The molecule has 0 aliphatic carbocycles. The molecule has 1 saturated heterocycles. The minimum Gasteiger partial charge on any atom is -0.508 e. The molecule has 0 aromatic heterocycles. The van der Waals surface area contributed by atoms with Crippen LogP contribution >= 0.6 is 0 Å². The minimum atomic E-state index is 0.234. The van der Waals surface area contributed by atoms with Crippen molar-refractivity contribution in [3.63, 3.8) is 0 Å². The molecule has 0 unspecified atom stereocenters. The lowest BCUT2D eigenvalue weighted by atomic mass is 9.99. The van der Waals surface area contributed by atoms with Gasteiger partial charge in [0.25, 0.3) is 0 Å². The van der Waals surface area contributed by atoms with Crippen LogP contribution in [0.4, 0.5) is 5.69 Å². The molecule has 180 valence electrons. The maximum atomic E-state index is 9.98. The zero-order valence-electron chi connectivity index (χ0n) is 20.2. The van der Waals surface area contributed by atoms with Gasteiger partial charge in [0.2, 0.25) is 0 Å². The molecule has 35 heavy (non-hydrogen) atoms. The Kier molecular flexibility index (Phi) is 7.05. The summed E-state index contributed by atoms with van der Waals surface area (Å²) in [5.41, 5.74) is 3.06. The van der Waals surface area contributed by atoms with E-state index in [0.717, 1.165) is 57.9 Å². The number of nitrogens with zero attached hydrogens (tertiary/aromatic N) is 1. The first kappa shape index (κ1) is 23.1. The number of phenolic OH excluding ortho intramolecular Hbond substituents is 1. The summed E-state index contributed by atoms with van der Waals surface area (Å²) < 4.78 is 11.9. The van der Waals surface area contributed by atoms with E-state index in [2.05, 4.69) is 22.3 Å². The number of likely N-dealkylation sites (tertiary alicyclic amines) is 1. The molecule has 0 saturated carbocycles. The lowest BCUT2D eigenvalue weighted by Gasteiger charge is -2.26. The van der Waals surface area contributed by atoms with Crippen molar-refractivity contribution >= 4 is 16.5 Å². The van der Waals surface area contributed by atoms with E-state index in [-0.39, 0.29) is 5.75 Å². The van der Waals surface area contributed by atoms with Crippen LogP contribution in [0.5, 0.6) is 23.0 Å². The largest absolute Gasteiger partial charge is 0.508 e. The lowest BCUT2D eigenvalue weighted by Crippen LogP contribution is -2.33. The summed E-state index contributed by atoms with van der Waals surface area (Å²) in [5.74, 6) is 2.54. The Bertz CT molecular complexity index is 1280. The third-order valence-electron chi connectivity index (χ3n) is 6.61. The first-order chi connectivity index (χ1) is 17.2. The number of nitrogens with one attached hydrogen (secondary N) is 1. The first-order valence-electron chi connectivity index (χ1n) is 12.3. The van der Waals surface area contributed by atoms with Gasteiger partial charge in [0.1, 0.15) is 23.0 Å². The van der Waals surface area contributed by atoms with Gasteiger partial charge in [-0.1, -0.05) is 24.6 Å². The van der Waals surface area contributed by atoms with Gasteiger partial charge in [-0.15, -0.1) is 0 Å². The van der Waals surface area contributed by atoms with E-state index in [1.807, 2.05) is 54.6 Å². The standard InChI is InChI=1S/C30H32N2O3/c1-34-27-7-5-6-22(21-27)28-14-8-23-20-25(33)11-15-29(23)30(28)35-26-12-9-24(10-13-26)31-16-19-32-17-3-2-4-18-32/h5-15,20-21,31,33H,2-4,16-19H2,1H3. The molecule has 1 fully saturated rings. The molecule has 0 atom stereocenters. The van der Waals surface area contributed by atoms with E-state index in [1.165, 1.54) is 32.4 Å². The Labute approximate surface area is 206 Å². The number of phenols is 1. The van der Waals surface area contributed by atoms with Gasteiger partial charge in [0.15, 0.2) is 0 Å². The fraction of sp³-hybridized carbons (Fsp3) is 0.267. The first-order valence-corrected chi connectivity index (χ1v) is 12.3. The van der Waals surface area contributed by atoms with Crippen LogP contribution in [-0.4, -0.2) is 43.3 Å². The van der Waals surface area contributed by atoms with Crippen LogP contribution in [0.2, 0.25) is 0 Å². The molecular formula is C30H32N2O3. The second kappa shape index (κ2) is 10.7. The normalized spacial score (nSPS) is 14.1. The molecule has 2 N–H and O–H groups in total. The molecule has 0 radical (unpaired) electrons. The van der Waals surface area contributed by atoms with Crippen molar-refractivity contribution in [1.29, 1.82) is 0 Å². The number of ether oxygens (including phenoxy) is 2.